The summed E-state index contributed by atoms with van der Waals surface area (Å²) < 4.78 is 5.09. The summed E-state index contributed by atoms with van der Waals surface area (Å²) >= 11 is 11.9. The van der Waals surface area contributed by atoms with Crippen molar-refractivity contribution in [3.63, 3.8) is 0 Å². The van der Waals surface area contributed by atoms with Gasteiger partial charge in [-0.3, -0.25) is 4.79 Å². The van der Waals surface area contributed by atoms with Crippen molar-refractivity contribution in [1.82, 2.24) is 4.90 Å². The number of carbonyl (C=O) groups is 2. The zero-order chi connectivity index (χ0) is 19.6. The summed E-state index contributed by atoms with van der Waals surface area (Å²) in [6.07, 6.45) is -1.32. The van der Waals surface area contributed by atoms with E-state index in [1.54, 1.807) is 19.1 Å². The molecule has 27 heavy (non-hydrogen) atoms. The molecule has 1 heterocycles. The average molecular weight is 408 g/mol. The molecule has 2 amide bonds. The van der Waals surface area contributed by atoms with Crippen LogP contribution in [0.15, 0.2) is 48.5 Å². The normalized spacial score (nSPS) is 18.9. The van der Waals surface area contributed by atoms with Gasteiger partial charge in [-0.1, -0.05) is 66.5 Å². The van der Waals surface area contributed by atoms with Gasteiger partial charge >= 0.3 is 6.09 Å². The second-order valence-electron chi connectivity index (χ2n) is 6.54. The van der Waals surface area contributed by atoms with Crippen LogP contribution in [0.1, 0.15) is 24.2 Å². The average Bonchev–Trinajstić information content (AvgIpc) is 3.03. The fraction of sp³-hybridized carbons (Fsp3) is 0.300. The van der Waals surface area contributed by atoms with E-state index in [0.29, 0.717) is 17.0 Å². The van der Waals surface area contributed by atoms with Gasteiger partial charge in [-0.25, -0.2) is 9.69 Å². The monoisotopic (exact) mass is 407 g/mol. The fourth-order valence-electron chi connectivity index (χ4n) is 3.11. The first kappa shape index (κ1) is 19.7. The predicted molar refractivity (Wildman–Crippen MR) is 103 cm³/mol. The maximum Gasteiger partial charge on any atom is 0.416 e. The Morgan fingerprint density at radius 1 is 1.22 bits per heavy atom. The SMILES string of the molecule is C[C@H](C(=O)N1C(=O)OC[C@H]1Cc1ccccc1)[C@@H](O)c1ccc(Cl)c(Cl)c1. The van der Waals surface area contributed by atoms with E-state index in [2.05, 4.69) is 0 Å². The summed E-state index contributed by atoms with van der Waals surface area (Å²) in [6, 6.07) is 13.8. The molecule has 0 unspecified atom stereocenters. The number of cyclic esters (lactones) is 1. The largest absolute Gasteiger partial charge is 0.447 e. The van der Waals surface area contributed by atoms with Gasteiger partial charge in [0.15, 0.2) is 0 Å². The van der Waals surface area contributed by atoms with Gasteiger partial charge in [-0.05, 0) is 29.7 Å². The first-order chi connectivity index (χ1) is 12.9. The highest BCUT2D eigenvalue weighted by Gasteiger charge is 2.41. The molecule has 2 aromatic carbocycles. The van der Waals surface area contributed by atoms with Gasteiger partial charge in [-0.2, -0.15) is 0 Å². The topological polar surface area (TPSA) is 66.8 Å². The highest BCUT2D eigenvalue weighted by atomic mass is 35.5. The zero-order valence-electron chi connectivity index (χ0n) is 14.6. The molecule has 142 valence electrons. The number of hydrogen-bond donors (Lipinski definition) is 1. The zero-order valence-corrected chi connectivity index (χ0v) is 16.2. The highest BCUT2D eigenvalue weighted by molar-refractivity contribution is 6.42. The van der Waals surface area contributed by atoms with Crippen LogP contribution in [0.2, 0.25) is 10.0 Å². The van der Waals surface area contributed by atoms with Crippen molar-refractivity contribution in [3.8, 4) is 0 Å². The molecule has 3 atom stereocenters. The number of aliphatic hydroxyl groups is 1. The van der Waals surface area contributed by atoms with Crippen molar-refractivity contribution in [3.05, 3.63) is 69.7 Å². The molecule has 2 aromatic rings. The third-order valence-corrected chi connectivity index (χ3v) is 5.40. The van der Waals surface area contributed by atoms with Crippen LogP contribution in [-0.4, -0.2) is 34.7 Å². The lowest BCUT2D eigenvalue weighted by Gasteiger charge is -2.26. The van der Waals surface area contributed by atoms with E-state index in [1.165, 1.54) is 6.07 Å². The van der Waals surface area contributed by atoms with Crippen LogP contribution in [-0.2, 0) is 16.0 Å². The van der Waals surface area contributed by atoms with Crippen molar-refractivity contribution in [2.45, 2.75) is 25.5 Å². The lowest BCUT2D eigenvalue weighted by Crippen LogP contribution is -2.44. The minimum absolute atomic E-state index is 0.134. The summed E-state index contributed by atoms with van der Waals surface area (Å²) in [5.41, 5.74) is 1.45. The molecule has 0 aliphatic carbocycles. The van der Waals surface area contributed by atoms with E-state index in [9.17, 15) is 14.7 Å². The van der Waals surface area contributed by atoms with Crippen LogP contribution in [0, 0.1) is 5.92 Å². The van der Waals surface area contributed by atoms with Crippen LogP contribution in [0.3, 0.4) is 0 Å². The Morgan fingerprint density at radius 2 is 1.93 bits per heavy atom. The Bertz CT molecular complexity index is 843. The van der Waals surface area contributed by atoms with Gasteiger partial charge in [0.2, 0.25) is 5.91 Å². The molecule has 1 N–H and O–H groups in total. The molecule has 0 saturated carbocycles. The minimum atomic E-state index is -1.13. The summed E-state index contributed by atoms with van der Waals surface area (Å²) in [6.45, 7) is 1.70. The summed E-state index contributed by atoms with van der Waals surface area (Å²) in [4.78, 5) is 26.2. The van der Waals surface area contributed by atoms with E-state index in [0.717, 1.165) is 10.5 Å². The van der Waals surface area contributed by atoms with Crippen molar-refractivity contribution in [1.29, 1.82) is 0 Å². The Balaban J connectivity index is 1.77. The van der Waals surface area contributed by atoms with Crippen molar-refractivity contribution >= 4 is 35.2 Å². The van der Waals surface area contributed by atoms with Crippen molar-refractivity contribution < 1.29 is 19.4 Å². The number of nitrogens with zero attached hydrogens (tertiary/aromatic N) is 1. The Kier molecular flexibility index (Phi) is 6.05. The predicted octanol–water partition coefficient (Wildman–Crippen LogP) is 4.25. The van der Waals surface area contributed by atoms with Crippen LogP contribution in [0.25, 0.3) is 0 Å². The maximum absolute atomic E-state index is 12.9. The third kappa shape index (κ3) is 4.26. The lowest BCUT2D eigenvalue weighted by atomic mass is 9.95. The van der Waals surface area contributed by atoms with Crippen LogP contribution >= 0.6 is 23.2 Å². The highest BCUT2D eigenvalue weighted by Crippen LogP contribution is 2.31. The number of ether oxygens (including phenoxy) is 1. The number of benzene rings is 2. The van der Waals surface area contributed by atoms with E-state index in [-0.39, 0.29) is 11.6 Å². The first-order valence-corrected chi connectivity index (χ1v) is 9.31. The molecule has 1 fully saturated rings. The van der Waals surface area contributed by atoms with Gasteiger partial charge < -0.3 is 9.84 Å². The van der Waals surface area contributed by atoms with Gasteiger partial charge in [-0.15, -0.1) is 0 Å². The van der Waals surface area contributed by atoms with E-state index in [1.807, 2.05) is 30.3 Å². The second kappa shape index (κ2) is 8.30. The Hall–Kier alpha value is -2.08. The molecule has 1 aliphatic heterocycles. The number of aliphatic hydroxyl groups excluding tert-OH is 1. The van der Waals surface area contributed by atoms with Crippen LogP contribution in [0.4, 0.5) is 4.79 Å². The Morgan fingerprint density at radius 3 is 2.59 bits per heavy atom. The molecule has 1 saturated heterocycles. The summed E-state index contributed by atoms with van der Waals surface area (Å²) in [5.74, 6) is -1.34. The summed E-state index contributed by atoms with van der Waals surface area (Å²) in [7, 11) is 0. The fourth-order valence-corrected chi connectivity index (χ4v) is 3.41. The van der Waals surface area contributed by atoms with Crippen molar-refractivity contribution in [2.24, 2.45) is 5.92 Å². The summed E-state index contributed by atoms with van der Waals surface area (Å²) in [5, 5.41) is 11.2. The van der Waals surface area contributed by atoms with Gasteiger partial charge in [0, 0.05) is 0 Å². The quantitative estimate of drug-likeness (QED) is 0.803. The lowest BCUT2D eigenvalue weighted by molar-refractivity contribution is -0.136. The van der Waals surface area contributed by atoms with E-state index in [4.69, 9.17) is 27.9 Å². The standard InChI is InChI=1S/C20H19Cl2NO4/c1-12(18(24)14-7-8-16(21)17(22)10-14)19(25)23-15(11-27-20(23)26)9-13-5-3-2-4-6-13/h2-8,10,12,15,18,24H,9,11H2,1H3/t12-,15+,18+/m0/s1. The third-order valence-electron chi connectivity index (χ3n) is 4.66. The number of halogens is 2. The smallest absolute Gasteiger partial charge is 0.416 e. The molecule has 0 bridgehead atoms. The van der Waals surface area contributed by atoms with Crippen LogP contribution < -0.4 is 0 Å². The van der Waals surface area contributed by atoms with Gasteiger partial charge in [0.05, 0.1) is 28.1 Å². The first-order valence-electron chi connectivity index (χ1n) is 8.55. The number of amides is 2. The molecular weight excluding hydrogens is 389 g/mol. The number of carbonyl (C=O) groups excluding carboxylic acids is 2. The Labute approximate surface area is 167 Å². The van der Waals surface area contributed by atoms with Crippen molar-refractivity contribution in [2.75, 3.05) is 6.61 Å². The molecular formula is C20H19Cl2NO4. The van der Waals surface area contributed by atoms with Gasteiger partial charge in [0.1, 0.15) is 6.61 Å². The number of imide groups is 1. The minimum Gasteiger partial charge on any atom is -0.447 e. The molecule has 3 rings (SSSR count). The van der Waals surface area contributed by atoms with E-state index >= 15 is 0 Å². The molecule has 0 radical (unpaired) electrons. The second-order valence-corrected chi connectivity index (χ2v) is 7.35. The maximum atomic E-state index is 12.9. The van der Waals surface area contributed by atoms with Crippen LogP contribution in [0.5, 0.6) is 0 Å². The number of rotatable bonds is 5. The van der Waals surface area contributed by atoms with Gasteiger partial charge in [0.25, 0.3) is 0 Å². The number of hydrogen-bond acceptors (Lipinski definition) is 4. The molecule has 0 aromatic heterocycles. The molecule has 1 aliphatic rings. The molecule has 7 heteroatoms. The molecule has 5 nitrogen and oxygen atoms in total. The van der Waals surface area contributed by atoms with E-state index < -0.39 is 30.1 Å². The molecule has 0 spiro atoms.